The number of nitrogens with one attached hydrogen (secondary N) is 1. The first-order valence-electron chi connectivity index (χ1n) is 5.96. The van der Waals surface area contributed by atoms with Crippen molar-refractivity contribution in [3.05, 3.63) is 23.8 Å². The van der Waals surface area contributed by atoms with Gasteiger partial charge in [-0.05, 0) is 24.5 Å². The van der Waals surface area contributed by atoms with Gasteiger partial charge < -0.3 is 19.9 Å². The Morgan fingerprint density at radius 1 is 1.61 bits per heavy atom. The van der Waals surface area contributed by atoms with Crippen molar-refractivity contribution in [3.8, 4) is 11.5 Å². The number of aliphatic hydroxyl groups excluding tert-OH is 1. The van der Waals surface area contributed by atoms with Crippen LogP contribution >= 0.6 is 0 Å². The first-order chi connectivity index (χ1) is 8.74. The summed E-state index contributed by atoms with van der Waals surface area (Å²) in [5, 5.41) is 11.3. The maximum Gasteiger partial charge on any atom is 0.261 e. The number of fused-ring (bicyclic) bond motifs is 1. The molecular weight excluding hydrogens is 234 g/mol. The van der Waals surface area contributed by atoms with E-state index >= 15 is 0 Å². The van der Waals surface area contributed by atoms with E-state index in [0.29, 0.717) is 17.9 Å². The molecular formula is C13H17NO4. The lowest BCUT2D eigenvalue weighted by atomic mass is 10.0. The maximum absolute atomic E-state index is 11.7. The molecule has 18 heavy (non-hydrogen) atoms. The fourth-order valence-electron chi connectivity index (χ4n) is 1.95. The van der Waals surface area contributed by atoms with Gasteiger partial charge in [0.2, 0.25) is 0 Å². The van der Waals surface area contributed by atoms with E-state index in [9.17, 15) is 4.79 Å². The van der Waals surface area contributed by atoms with Crippen molar-refractivity contribution in [1.29, 1.82) is 0 Å². The summed E-state index contributed by atoms with van der Waals surface area (Å²) in [6.07, 6.45) is 0.962. The summed E-state index contributed by atoms with van der Waals surface area (Å²) in [4.78, 5) is 11.7. The lowest BCUT2D eigenvalue weighted by molar-refractivity contribution is -0.128. The van der Waals surface area contributed by atoms with Gasteiger partial charge in [0.1, 0.15) is 11.5 Å². The SMILES string of the molecule is COc1ccc2c(c1)OC(C(=O)NCCO)CC2. The highest BCUT2D eigenvalue weighted by Crippen LogP contribution is 2.31. The maximum atomic E-state index is 11.7. The third-order valence-electron chi connectivity index (χ3n) is 2.92. The Kier molecular flexibility index (Phi) is 4.04. The fourth-order valence-corrected chi connectivity index (χ4v) is 1.95. The van der Waals surface area contributed by atoms with E-state index < -0.39 is 6.10 Å². The first kappa shape index (κ1) is 12.7. The second-order valence-electron chi connectivity index (χ2n) is 4.13. The molecule has 1 heterocycles. The molecule has 1 aromatic rings. The van der Waals surface area contributed by atoms with Crippen molar-refractivity contribution in [2.45, 2.75) is 18.9 Å². The van der Waals surface area contributed by atoms with Gasteiger partial charge in [-0.3, -0.25) is 4.79 Å². The number of benzene rings is 1. The molecule has 0 saturated carbocycles. The summed E-state index contributed by atoms with van der Waals surface area (Å²) in [6.45, 7) is 0.187. The average molecular weight is 251 g/mol. The number of ether oxygens (including phenoxy) is 2. The predicted molar refractivity (Wildman–Crippen MR) is 65.8 cm³/mol. The third-order valence-corrected chi connectivity index (χ3v) is 2.92. The third kappa shape index (κ3) is 2.73. The average Bonchev–Trinajstić information content (AvgIpc) is 2.43. The van der Waals surface area contributed by atoms with Crippen molar-refractivity contribution in [2.75, 3.05) is 20.3 Å². The molecule has 2 N–H and O–H groups in total. The monoisotopic (exact) mass is 251 g/mol. The molecule has 0 aromatic heterocycles. The van der Waals surface area contributed by atoms with Gasteiger partial charge in [-0.1, -0.05) is 6.07 Å². The van der Waals surface area contributed by atoms with Gasteiger partial charge in [-0.2, -0.15) is 0 Å². The summed E-state index contributed by atoms with van der Waals surface area (Å²) >= 11 is 0. The minimum Gasteiger partial charge on any atom is -0.497 e. The minimum atomic E-state index is -0.490. The van der Waals surface area contributed by atoms with Crippen molar-refractivity contribution >= 4 is 5.91 Å². The quantitative estimate of drug-likeness (QED) is 0.817. The van der Waals surface area contributed by atoms with Crippen LogP contribution in [0.3, 0.4) is 0 Å². The molecule has 5 heteroatoms. The summed E-state index contributed by atoms with van der Waals surface area (Å²) in [5.74, 6) is 1.23. The predicted octanol–water partition coefficient (Wildman–Crippen LogP) is 0.497. The summed E-state index contributed by atoms with van der Waals surface area (Å²) < 4.78 is 10.8. The van der Waals surface area contributed by atoms with Gasteiger partial charge in [0.15, 0.2) is 6.10 Å². The molecule has 0 aliphatic carbocycles. The van der Waals surface area contributed by atoms with E-state index in [2.05, 4.69) is 5.32 Å². The van der Waals surface area contributed by atoms with Crippen LogP contribution in [-0.4, -0.2) is 37.4 Å². The zero-order valence-electron chi connectivity index (χ0n) is 10.3. The van der Waals surface area contributed by atoms with Crippen molar-refractivity contribution in [3.63, 3.8) is 0 Å². The normalized spacial score (nSPS) is 17.6. The van der Waals surface area contributed by atoms with Gasteiger partial charge in [-0.15, -0.1) is 0 Å². The highest BCUT2D eigenvalue weighted by molar-refractivity contribution is 5.81. The fraction of sp³-hybridized carbons (Fsp3) is 0.462. The van der Waals surface area contributed by atoms with E-state index in [-0.39, 0.29) is 19.1 Å². The number of amides is 1. The minimum absolute atomic E-state index is 0.0666. The van der Waals surface area contributed by atoms with E-state index in [0.717, 1.165) is 12.0 Å². The van der Waals surface area contributed by atoms with E-state index in [1.807, 2.05) is 12.1 Å². The molecule has 1 amide bonds. The van der Waals surface area contributed by atoms with Crippen LogP contribution in [0.2, 0.25) is 0 Å². The Labute approximate surface area is 106 Å². The molecule has 5 nitrogen and oxygen atoms in total. The van der Waals surface area contributed by atoms with Crippen LogP contribution in [0.15, 0.2) is 18.2 Å². The van der Waals surface area contributed by atoms with Gasteiger partial charge in [0, 0.05) is 12.6 Å². The van der Waals surface area contributed by atoms with E-state index in [1.54, 1.807) is 13.2 Å². The van der Waals surface area contributed by atoms with Gasteiger partial charge in [0.05, 0.1) is 13.7 Å². The molecule has 1 aliphatic heterocycles. The Bertz CT molecular complexity index is 433. The largest absolute Gasteiger partial charge is 0.497 e. The number of methoxy groups -OCH3 is 1. The Morgan fingerprint density at radius 2 is 2.44 bits per heavy atom. The molecule has 0 saturated heterocycles. The van der Waals surface area contributed by atoms with Crippen molar-refractivity contribution in [1.82, 2.24) is 5.32 Å². The molecule has 0 fully saturated rings. The van der Waals surface area contributed by atoms with Gasteiger partial charge in [-0.25, -0.2) is 0 Å². The standard InChI is InChI=1S/C13H17NO4/c1-17-10-4-2-9-3-5-11(18-12(9)8-10)13(16)14-6-7-15/h2,4,8,11,15H,3,5-7H2,1H3,(H,14,16). The van der Waals surface area contributed by atoms with Crippen LogP contribution in [0.4, 0.5) is 0 Å². The van der Waals surface area contributed by atoms with Crippen LogP contribution in [0.25, 0.3) is 0 Å². The van der Waals surface area contributed by atoms with Crippen LogP contribution in [0.5, 0.6) is 11.5 Å². The number of aryl methyl sites for hydroxylation is 1. The highest BCUT2D eigenvalue weighted by atomic mass is 16.5. The Balaban J connectivity index is 2.06. The summed E-state index contributed by atoms with van der Waals surface area (Å²) in [6, 6.07) is 5.63. The number of carbonyl (C=O) groups is 1. The van der Waals surface area contributed by atoms with Crippen LogP contribution in [-0.2, 0) is 11.2 Å². The van der Waals surface area contributed by atoms with Crippen LogP contribution in [0.1, 0.15) is 12.0 Å². The van der Waals surface area contributed by atoms with Gasteiger partial charge in [0.25, 0.3) is 5.91 Å². The van der Waals surface area contributed by atoms with Crippen LogP contribution in [0, 0.1) is 0 Å². The molecule has 0 radical (unpaired) electrons. The molecule has 1 aromatic carbocycles. The zero-order valence-corrected chi connectivity index (χ0v) is 10.3. The number of carbonyl (C=O) groups excluding carboxylic acids is 1. The summed E-state index contributed by atoms with van der Waals surface area (Å²) in [5.41, 5.74) is 1.09. The molecule has 1 atom stereocenters. The molecule has 1 aliphatic rings. The lowest BCUT2D eigenvalue weighted by Crippen LogP contribution is -2.41. The van der Waals surface area contributed by atoms with Gasteiger partial charge >= 0.3 is 0 Å². The molecule has 0 bridgehead atoms. The zero-order chi connectivity index (χ0) is 13.0. The topological polar surface area (TPSA) is 67.8 Å². The van der Waals surface area contributed by atoms with Crippen molar-refractivity contribution < 1.29 is 19.4 Å². The van der Waals surface area contributed by atoms with E-state index in [4.69, 9.17) is 14.6 Å². The number of hydrogen-bond donors (Lipinski definition) is 2. The second-order valence-corrected chi connectivity index (χ2v) is 4.13. The number of hydrogen-bond acceptors (Lipinski definition) is 4. The Hall–Kier alpha value is -1.75. The molecule has 2 rings (SSSR count). The number of rotatable bonds is 4. The second kappa shape index (κ2) is 5.73. The Morgan fingerprint density at radius 3 is 3.17 bits per heavy atom. The van der Waals surface area contributed by atoms with Crippen LogP contribution < -0.4 is 14.8 Å². The summed E-state index contributed by atoms with van der Waals surface area (Å²) in [7, 11) is 1.59. The smallest absolute Gasteiger partial charge is 0.261 e. The van der Waals surface area contributed by atoms with E-state index in [1.165, 1.54) is 0 Å². The molecule has 1 unspecified atom stereocenters. The molecule has 98 valence electrons. The highest BCUT2D eigenvalue weighted by Gasteiger charge is 2.25. The number of aliphatic hydroxyl groups is 1. The first-order valence-corrected chi connectivity index (χ1v) is 5.96. The molecule has 0 spiro atoms. The lowest BCUT2D eigenvalue weighted by Gasteiger charge is -2.25. The van der Waals surface area contributed by atoms with Crippen molar-refractivity contribution in [2.24, 2.45) is 0 Å².